The molecule has 0 fully saturated rings. The van der Waals surface area contributed by atoms with Crippen LogP contribution in [0.3, 0.4) is 0 Å². The molecule has 0 amide bonds. The summed E-state index contributed by atoms with van der Waals surface area (Å²) in [7, 11) is 1.65. The minimum absolute atomic E-state index is 0.0161. The van der Waals surface area contributed by atoms with Crippen molar-refractivity contribution in [1.82, 2.24) is 4.98 Å². The Kier molecular flexibility index (Phi) is 5.06. The second-order valence-corrected chi connectivity index (χ2v) is 8.67. The topological polar surface area (TPSA) is 37.7 Å². The van der Waals surface area contributed by atoms with Crippen LogP contribution in [0.4, 0.5) is 9.52 Å². The van der Waals surface area contributed by atoms with Gasteiger partial charge in [-0.05, 0) is 53.4 Å². The highest BCUT2D eigenvalue weighted by atomic mass is 32.1. The second-order valence-electron chi connectivity index (χ2n) is 6.88. The van der Waals surface area contributed by atoms with Gasteiger partial charge in [-0.1, -0.05) is 18.2 Å². The standard InChI is InChI=1S/C23H18FN3OS2/c1-28-18-10-6-15(7-11-18)20-14-30-23(25-20)27-21(16-4-8-17(24)9-5-16)13-19(26-27)22-3-2-12-29-22/h2-12,14,21H,13H2,1H3/t21-/m1/s1. The van der Waals surface area contributed by atoms with Crippen molar-refractivity contribution < 1.29 is 9.13 Å². The number of methoxy groups -OCH3 is 1. The first-order valence-electron chi connectivity index (χ1n) is 9.47. The van der Waals surface area contributed by atoms with E-state index in [4.69, 9.17) is 14.8 Å². The average molecular weight is 436 g/mol. The third-order valence-corrected chi connectivity index (χ3v) is 6.79. The Morgan fingerprint density at radius 1 is 1.03 bits per heavy atom. The number of nitrogens with zero attached hydrogens (tertiary/aromatic N) is 3. The van der Waals surface area contributed by atoms with Gasteiger partial charge >= 0.3 is 0 Å². The molecule has 1 atom stereocenters. The summed E-state index contributed by atoms with van der Waals surface area (Å²) >= 11 is 3.23. The molecule has 30 heavy (non-hydrogen) atoms. The molecular weight excluding hydrogens is 417 g/mol. The Balaban J connectivity index is 1.50. The highest BCUT2D eigenvalue weighted by molar-refractivity contribution is 7.14. The number of halogens is 1. The summed E-state index contributed by atoms with van der Waals surface area (Å²) in [4.78, 5) is 6.00. The van der Waals surface area contributed by atoms with Gasteiger partial charge < -0.3 is 4.74 Å². The zero-order valence-corrected chi connectivity index (χ0v) is 17.8. The van der Waals surface area contributed by atoms with Gasteiger partial charge in [-0.2, -0.15) is 5.10 Å². The average Bonchev–Trinajstić information content (AvgIpc) is 3.54. The van der Waals surface area contributed by atoms with E-state index in [9.17, 15) is 4.39 Å². The van der Waals surface area contributed by atoms with Crippen molar-refractivity contribution in [3.05, 3.63) is 87.7 Å². The number of thiophene rings is 1. The number of hydrogen-bond donors (Lipinski definition) is 0. The Bertz CT molecular complexity index is 1170. The van der Waals surface area contributed by atoms with Gasteiger partial charge in [0.2, 0.25) is 5.13 Å². The van der Waals surface area contributed by atoms with E-state index in [0.717, 1.165) is 44.7 Å². The first-order valence-corrected chi connectivity index (χ1v) is 11.2. The van der Waals surface area contributed by atoms with Crippen molar-refractivity contribution in [2.75, 3.05) is 12.1 Å². The molecule has 5 rings (SSSR count). The van der Waals surface area contributed by atoms with Crippen LogP contribution in [-0.4, -0.2) is 17.8 Å². The number of rotatable bonds is 5. The van der Waals surface area contributed by atoms with E-state index in [1.807, 2.05) is 52.9 Å². The number of ether oxygens (including phenoxy) is 1. The van der Waals surface area contributed by atoms with Crippen LogP contribution in [0.15, 0.2) is 76.5 Å². The molecule has 0 N–H and O–H groups in total. The summed E-state index contributed by atoms with van der Waals surface area (Å²) in [6, 6.07) is 18.6. The highest BCUT2D eigenvalue weighted by Gasteiger charge is 2.32. The van der Waals surface area contributed by atoms with Crippen LogP contribution >= 0.6 is 22.7 Å². The van der Waals surface area contributed by atoms with Crippen molar-refractivity contribution >= 4 is 33.5 Å². The maximum atomic E-state index is 13.5. The van der Waals surface area contributed by atoms with Crippen LogP contribution in [-0.2, 0) is 0 Å². The summed E-state index contributed by atoms with van der Waals surface area (Å²) in [6.45, 7) is 0. The fourth-order valence-electron chi connectivity index (χ4n) is 3.49. The lowest BCUT2D eigenvalue weighted by atomic mass is 10.0. The number of benzene rings is 2. The monoisotopic (exact) mass is 435 g/mol. The molecule has 0 saturated heterocycles. The largest absolute Gasteiger partial charge is 0.497 e. The van der Waals surface area contributed by atoms with E-state index < -0.39 is 0 Å². The molecular formula is C23H18FN3OS2. The molecule has 7 heteroatoms. The van der Waals surface area contributed by atoms with E-state index in [1.165, 1.54) is 12.1 Å². The Morgan fingerprint density at radius 3 is 2.53 bits per heavy atom. The molecule has 150 valence electrons. The molecule has 0 unspecified atom stereocenters. The molecule has 0 radical (unpaired) electrons. The molecule has 1 aliphatic heterocycles. The summed E-state index contributed by atoms with van der Waals surface area (Å²) in [5.74, 6) is 0.578. The molecule has 4 aromatic rings. The molecule has 0 bridgehead atoms. The van der Waals surface area contributed by atoms with Gasteiger partial charge in [-0.3, -0.25) is 0 Å². The van der Waals surface area contributed by atoms with Crippen LogP contribution in [0.2, 0.25) is 0 Å². The Labute approximate surface area is 181 Å². The smallest absolute Gasteiger partial charge is 0.207 e. The van der Waals surface area contributed by atoms with Gasteiger partial charge in [-0.15, -0.1) is 22.7 Å². The summed E-state index contributed by atoms with van der Waals surface area (Å²) in [6.07, 6.45) is 0.754. The van der Waals surface area contributed by atoms with Gasteiger partial charge in [0.1, 0.15) is 11.6 Å². The van der Waals surface area contributed by atoms with E-state index in [1.54, 1.807) is 29.8 Å². The highest BCUT2D eigenvalue weighted by Crippen LogP contribution is 2.40. The van der Waals surface area contributed by atoms with Crippen molar-refractivity contribution in [2.24, 2.45) is 5.10 Å². The molecule has 3 heterocycles. The van der Waals surface area contributed by atoms with Gasteiger partial charge in [0.25, 0.3) is 0 Å². The molecule has 2 aromatic carbocycles. The third kappa shape index (κ3) is 3.62. The number of hydrogen-bond acceptors (Lipinski definition) is 6. The van der Waals surface area contributed by atoms with Gasteiger partial charge in [-0.25, -0.2) is 14.4 Å². The predicted octanol–water partition coefficient (Wildman–Crippen LogP) is 6.38. The van der Waals surface area contributed by atoms with Crippen molar-refractivity contribution in [3.63, 3.8) is 0 Å². The summed E-state index contributed by atoms with van der Waals surface area (Å²) in [5.41, 5.74) is 3.97. The van der Waals surface area contributed by atoms with Crippen LogP contribution in [0.5, 0.6) is 5.75 Å². The van der Waals surface area contributed by atoms with Crippen LogP contribution < -0.4 is 9.75 Å². The molecule has 0 saturated carbocycles. The van der Waals surface area contributed by atoms with E-state index >= 15 is 0 Å². The van der Waals surface area contributed by atoms with Crippen LogP contribution in [0.25, 0.3) is 11.3 Å². The van der Waals surface area contributed by atoms with Crippen LogP contribution in [0, 0.1) is 5.82 Å². The quantitative estimate of drug-likeness (QED) is 0.365. The Morgan fingerprint density at radius 2 is 1.83 bits per heavy atom. The third-order valence-electron chi connectivity index (χ3n) is 5.04. The predicted molar refractivity (Wildman–Crippen MR) is 121 cm³/mol. The lowest BCUT2D eigenvalue weighted by Crippen LogP contribution is -2.18. The van der Waals surface area contributed by atoms with E-state index in [2.05, 4.69) is 11.4 Å². The molecule has 4 nitrogen and oxygen atoms in total. The fraction of sp³-hybridized carbons (Fsp3) is 0.130. The van der Waals surface area contributed by atoms with Gasteiger partial charge in [0.15, 0.2) is 0 Å². The number of aromatic nitrogens is 1. The van der Waals surface area contributed by atoms with Crippen LogP contribution in [0.1, 0.15) is 22.9 Å². The van der Waals surface area contributed by atoms with Crippen molar-refractivity contribution in [1.29, 1.82) is 0 Å². The lowest BCUT2D eigenvalue weighted by Gasteiger charge is -2.21. The summed E-state index contributed by atoms with van der Waals surface area (Å²) in [5, 5.41) is 11.8. The van der Waals surface area contributed by atoms with E-state index in [-0.39, 0.29) is 11.9 Å². The van der Waals surface area contributed by atoms with Crippen molar-refractivity contribution in [3.8, 4) is 17.0 Å². The molecule has 1 aliphatic rings. The molecule has 0 aliphatic carbocycles. The van der Waals surface area contributed by atoms with Gasteiger partial charge in [0, 0.05) is 17.4 Å². The number of anilines is 1. The first kappa shape index (κ1) is 19.0. The van der Waals surface area contributed by atoms with Gasteiger partial charge in [0.05, 0.1) is 29.4 Å². The lowest BCUT2D eigenvalue weighted by molar-refractivity contribution is 0.415. The summed E-state index contributed by atoms with van der Waals surface area (Å²) < 4.78 is 18.7. The zero-order chi connectivity index (χ0) is 20.5. The first-order chi connectivity index (χ1) is 14.7. The number of thiazole rings is 1. The maximum Gasteiger partial charge on any atom is 0.207 e. The van der Waals surface area contributed by atoms with E-state index in [0.29, 0.717) is 0 Å². The Hall–Kier alpha value is -3.03. The molecule has 2 aromatic heterocycles. The molecule has 0 spiro atoms. The normalized spacial score (nSPS) is 16.0. The number of hydrazone groups is 1. The van der Waals surface area contributed by atoms with Crippen molar-refractivity contribution in [2.45, 2.75) is 12.5 Å². The zero-order valence-electron chi connectivity index (χ0n) is 16.2. The second kappa shape index (κ2) is 8.01. The maximum absolute atomic E-state index is 13.5. The minimum Gasteiger partial charge on any atom is -0.497 e. The fourth-order valence-corrected chi connectivity index (χ4v) is 5.04. The SMILES string of the molecule is COc1ccc(-c2csc(N3N=C(c4cccs4)C[C@@H]3c3ccc(F)cc3)n2)cc1. The minimum atomic E-state index is -0.237.